The average Bonchev–Trinajstić information content (AvgIpc) is 3.12. The number of rotatable bonds is 6. The molecule has 40 heavy (non-hydrogen) atoms. The van der Waals surface area contributed by atoms with Crippen molar-refractivity contribution < 1.29 is 86.4 Å². The predicted octanol–water partition coefficient (Wildman–Crippen LogP) is 0.995. The summed E-state index contributed by atoms with van der Waals surface area (Å²) in [6, 6.07) is 1.95. The van der Waals surface area contributed by atoms with Crippen LogP contribution in [-0.2, 0) is 46.5 Å². The van der Waals surface area contributed by atoms with Gasteiger partial charge in [0.15, 0.2) is 5.82 Å². The van der Waals surface area contributed by atoms with Gasteiger partial charge in [0, 0.05) is 6.20 Å². The van der Waals surface area contributed by atoms with Crippen LogP contribution in [0.2, 0.25) is 0 Å². The normalized spacial score (nSPS) is 13.7. The van der Waals surface area contributed by atoms with Crippen molar-refractivity contribution in [2.24, 2.45) is 0 Å². The Morgan fingerprint density at radius 3 is 1.18 bits per heavy atom. The minimum atomic E-state index is -6.60. The van der Waals surface area contributed by atoms with Crippen LogP contribution in [0.15, 0.2) is 12.9 Å². The predicted molar refractivity (Wildman–Crippen MR) is 102 cm³/mol. The van der Waals surface area contributed by atoms with Crippen molar-refractivity contribution in [3.8, 4) is 6.07 Å². The molecule has 2 N–H and O–H groups in total. The molecule has 0 spiro atoms. The molecule has 0 atom stereocenters. The summed E-state index contributed by atoms with van der Waals surface area (Å²) >= 11 is 0. The zero-order valence-electron chi connectivity index (χ0n) is 17.8. The van der Waals surface area contributed by atoms with E-state index in [0.29, 0.717) is 5.82 Å². The molecule has 1 aromatic rings. The van der Waals surface area contributed by atoms with Gasteiger partial charge in [0.05, 0.1) is 12.5 Å². The molecule has 0 saturated carbocycles. The van der Waals surface area contributed by atoms with Crippen LogP contribution >= 0.6 is 0 Å². The number of alkyl halides is 12. The van der Waals surface area contributed by atoms with Gasteiger partial charge in [-0.2, -0.15) is 63.0 Å². The summed E-state index contributed by atoms with van der Waals surface area (Å²) < 4.78 is 218. The van der Waals surface area contributed by atoms with Gasteiger partial charge in [-0.1, -0.05) is 14.8 Å². The van der Waals surface area contributed by atoms with Crippen molar-refractivity contribution >= 4 is 46.3 Å². The first-order valence-electron chi connectivity index (χ1n) is 7.99. The summed E-state index contributed by atoms with van der Waals surface area (Å²) in [5.74, 6) is 0.530. The molecule has 0 aliphatic heterocycles. The Kier molecular flexibility index (Phi) is 12.6. The number of aromatic nitrogens is 3. The van der Waals surface area contributed by atoms with Crippen molar-refractivity contribution in [2.45, 2.75) is 28.5 Å². The smallest absolute Gasteiger partial charge is 0.229 e. The maximum absolute atomic E-state index is 11.5. The molecule has 0 unspecified atom stereocenters. The lowest BCUT2D eigenvalue weighted by Gasteiger charge is -2.11. The molecule has 0 bridgehead atoms. The lowest BCUT2D eigenvalue weighted by Crippen LogP contribution is -2.45. The van der Waals surface area contributed by atoms with Gasteiger partial charge in [0.1, 0.15) is 6.33 Å². The fourth-order valence-electron chi connectivity index (χ4n) is 1.03. The second-order valence-electron chi connectivity index (χ2n) is 5.62. The monoisotopic (exact) mass is 696 g/mol. The molecular formula is C10H8F12N6O8S4. The number of halogens is 12. The average molecular weight is 696 g/mol. The summed E-state index contributed by atoms with van der Waals surface area (Å²) in [4.78, 5) is 3.83. The molecule has 14 nitrogen and oxygen atoms in total. The molecule has 0 saturated heterocycles. The third kappa shape index (κ3) is 11.8. The minimum absolute atomic E-state index is 0.251. The van der Waals surface area contributed by atoms with Gasteiger partial charge >= 0.3 is 62.1 Å². The van der Waals surface area contributed by atoms with Crippen molar-refractivity contribution in [1.82, 2.24) is 23.0 Å². The Morgan fingerprint density at radius 2 is 1.00 bits per heavy atom. The summed E-state index contributed by atoms with van der Waals surface area (Å²) in [6.07, 6.45) is 3.29. The maximum atomic E-state index is 11.5. The molecule has 0 amide bonds. The molecule has 0 fully saturated rings. The largest absolute Gasteiger partial charge is 0.512 e. The van der Waals surface area contributed by atoms with Crippen LogP contribution in [0.25, 0.3) is 6.20 Å². The molecule has 234 valence electrons. The van der Waals surface area contributed by atoms with Crippen LogP contribution in [0.4, 0.5) is 52.7 Å². The topological polar surface area (TPSA) is 215 Å². The maximum Gasteiger partial charge on any atom is 0.512 e. The van der Waals surface area contributed by atoms with E-state index in [1.807, 2.05) is 6.07 Å². The first-order valence-corrected chi connectivity index (χ1v) is 13.9. The quantitative estimate of drug-likeness (QED) is 0.400. The van der Waals surface area contributed by atoms with E-state index in [-0.39, 0.29) is 6.42 Å². The van der Waals surface area contributed by atoms with Crippen LogP contribution < -0.4 is 8.25 Å². The van der Waals surface area contributed by atoms with E-state index >= 15 is 0 Å². The van der Waals surface area contributed by atoms with E-state index in [4.69, 9.17) is 5.26 Å². The highest BCUT2D eigenvalue weighted by Gasteiger charge is 2.56. The first-order chi connectivity index (χ1) is 17.3. The van der Waals surface area contributed by atoms with Crippen molar-refractivity contribution in [3.63, 3.8) is 0 Å². The van der Waals surface area contributed by atoms with Crippen LogP contribution in [-0.4, -0.2) is 70.5 Å². The zero-order valence-corrected chi connectivity index (χ0v) is 21.1. The highest BCUT2D eigenvalue weighted by molar-refractivity contribution is 8.06. The SMILES string of the molecule is C=Cn1cnc(CC#N)n1.O=S(=O)(NS(=O)(=O)C(F)(F)F)C(F)(F)F.O=S(=O)(NS(=O)(=O)C(F)(F)F)C(F)(F)F. The molecule has 1 rings (SSSR count). The fraction of sp³-hybridized carbons (Fsp3) is 0.500. The van der Waals surface area contributed by atoms with Gasteiger partial charge in [0.25, 0.3) is 0 Å². The minimum Gasteiger partial charge on any atom is -0.229 e. The Balaban J connectivity index is 0. The van der Waals surface area contributed by atoms with E-state index in [9.17, 15) is 86.4 Å². The lowest BCUT2D eigenvalue weighted by atomic mass is 10.5. The van der Waals surface area contributed by atoms with E-state index in [1.54, 1.807) is 0 Å². The Hall–Kier alpha value is -2.75. The molecule has 1 heterocycles. The molecule has 0 aromatic carbocycles. The molecule has 0 aliphatic carbocycles. The number of nitriles is 1. The highest BCUT2D eigenvalue weighted by Crippen LogP contribution is 2.28. The summed E-state index contributed by atoms with van der Waals surface area (Å²) in [7, 11) is -26.4. The summed E-state index contributed by atoms with van der Waals surface area (Å²) in [5, 5.41) is 12.1. The highest BCUT2D eigenvalue weighted by atomic mass is 32.3. The third-order valence-corrected chi connectivity index (χ3v) is 8.59. The van der Waals surface area contributed by atoms with Crippen LogP contribution in [0.5, 0.6) is 0 Å². The van der Waals surface area contributed by atoms with Gasteiger partial charge < -0.3 is 0 Å². The second kappa shape index (κ2) is 12.8. The molecular weight excluding hydrogens is 688 g/mol. The molecule has 0 radical (unpaired) electrons. The van der Waals surface area contributed by atoms with Crippen LogP contribution in [0, 0.1) is 11.3 Å². The Bertz CT molecular complexity index is 1330. The second-order valence-corrected chi connectivity index (χ2v) is 12.8. The summed E-state index contributed by atoms with van der Waals surface area (Å²) in [6.45, 7) is 3.48. The number of hydrogen-bond donors (Lipinski definition) is 2. The number of nitrogens with one attached hydrogen (secondary N) is 2. The number of nitrogens with zero attached hydrogens (tertiary/aromatic N) is 4. The van der Waals surface area contributed by atoms with Gasteiger partial charge in [-0.3, -0.25) is 0 Å². The Morgan fingerprint density at radius 1 is 0.725 bits per heavy atom. The first kappa shape index (κ1) is 39.4. The van der Waals surface area contributed by atoms with Gasteiger partial charge in [0.2, 0.25) is 0 Å². The standard InChI is InChI=1S/C6H6N4.2C2HF6NO4S2/c1-2-10-5-8-6(9-10)3-4-7;2*3-1(4,5)14(10,11)9-15(12,13)2(6,7)8/h2,5H,1,3H2;2*9H. The number of hydrogen-bond acceptors (Lipinski definition) is 11. The summed E-state index contributed by atoms with van der Waals surface area (Å²) in [5.41, 5.74) is -24.6. The van der Waals surface area contributed by atoms with E-state index < -0.39 is 70.4 Å². The zero-order chi connectivity index (χ0) is 32.8. The van der Waals surface area contributed by atoms with Gasteiger partial charge in [-0.15, -0.1) is 0 Å². The number of sulfonamides is 4. The molecule has 0 aliphatic rings. The van der Waals surface area contributed by atoms with Crippen molar-refractivity contribution in [3.05, 3.63) is 18.7 Å². The van der Waals surface area contributed by atoms with Gasteiger partial charge in [-0.05, 0) is 0 Å². The van der Waals surface area contributed by atoms with E-state index in [1.165, 1.54) is 17.2 Å². The molecule has 30 heteroatoms. The molecule has 1 aromatic heterocycles. The van der Waals surface area contributed by atoms with Gasteiger partial charge in [-0.25, -0.2) is 43.3 Å². The lowest BCUT2D eigenvalue weighted by molar-refractivity contribution is -0.0487. The van der Waals surface area contributed by atoms with Crippen LogP contribution in [0.3, 0.4) is 0 Å². The van der Waals surface area contributed by atoms with E-state index in [0.717, 1.165) is 0 Å². The fourth-order valence-corrected chi connectivity index (χ4v) is 4.85. The van der Waals surface area contributed by atoms with E-state index in [2.05, 4.69) is 16.7 Å². The van der Waals surface area contributed by atoms with Crippen molar-refractivity contribution in [1.29, 1.82) is 5.26 Å². The van der Waals surface area contributed by atoms with Crippen molar-refractivity contribution in [2.75, 3.05) is 0 Å². The van der Waals surface area contributed by atoms with Crippen LogP contribution in [0.1, 0.15) is 5.82 Å². The Labute approximate surface area is 214 Å². The third-order valence-electron chi connectivity index (χ3n) is 2.64.